The molecule has 7 heteroatoms. The number of carbonyl (C=O) groups excluding carboxylic acids is 2. The molecular formula is C21H23N3O3S. The lowest BCUT2D eigenvalue weighted by Crippen LogP contribution is -2.30. The maximum atomic E-state index is 12.5. The van der Waals surface area contributed by atoms with Gasteiger partial charge in [-0.1, -0.05) is 23.9 Å². The molecule has 0 bridgehead atoms. The zero-order valence-electron chi connectivity index (χ0n) is 16.4. The molecule has 1 heterocycles. The topological polar surface area (TPSA) is 71.0 Å². The molecule has 1 aliphatic rings. The van der Waals surface area contributed by atoms with Crippen molar-refractivity contribution in [3.63, 3.8) is 0 Å². The number of amidine groups is 1. The highest BCUT2D eigenvalue weighted by Crippen LogP contribution is 2.31. The highest BCUT2D eigenvalue weighted by molar-refractivity contribution is 8.15. The van der Waals surface area contributed by atoms with Crippen LogP contribution in [0.1, 0.15) is 17.5 Å². The number of aryl methyl sites for hydroxylation is 2. The number of amides is 2. The Balaban J connectivity index is 1.68. The number of ether oxygens (including phenoxy) is 1. The molecule has 2 aromatic rings. The fourth-order valence-corrected chi connectivity index (χ4v) is 3.94. The highest BCUT2D eigenvalue weighted by atomic mass is 32.2. The summed E-state index contributed by atoms with van der Waals surface area (Å²) >= 11 is 1.32. The molecule has 0 aliphatic carbocycles. The van der Waals surface area contributed by atoms with Crippen LogP contribution in [0, 0.1) is 13.8 Å². The average Bonchev–Trinajstić information content (AvgIpc) is 2.92. The first-order valence-corrected chi connectivity index (χ1v) is 9.79. The summed E-state index contributed by atoms with van der Waals surface area (Å²) in [6, 6.07) is 13.0. The van der Waals surface area contributed by atoms with Gasteiger partial charge in [-0.3, -0.25) is 14.5 Å². The van der Waals surface area contributed by atoms with Gasteiger partial charge >= 0.3 is 0 Å². The Hall–Kier alpha value is -2.80. The monoisotopic (exact) mass is 397 g/mol. The van der Waals surface area contributed by atoms with Crippen molar-refractivity contribution in [1.29, 1.82) is 0 Å². The first-order chi connectivity index (χ1) is 13.4. The fraction of sp³-hybridized carbons (Fsp3) is 0.286. The molecule has 1 atom stereocenters. The van der Waals surface area contributed by atoms with E-state index in [1.165, 1.54) is 22.2 Å². The van der Waals surface area contributed by atoms with Crippen molar-refractivity contribution in [2.45, 2.75) is 25.5 Å². The van der Waals surface area contributed by atoms with Crippen molar-refractivity contribution >= 4 is 40.1 Å². The van der Waals surface area contributed by atoms with E-state index in [0.717, 1.165) is 11.3 Å². The van der Waals surface area contributed by atoms with Crippen LogP contribution in [0.15, 0.2) is 47.5 Å². The molecule has 28 heavy (non-hydrogen) atoms. The van der Waals surface area contributed by atoms with Gasteiger partial charge in [-0.15, -0.1) is 0 Å². The quantitative estimate of drug-likeness (QED) is 0.831. The second kappa shape index (κ2) is 8.48. The Morgan fingerprint density at radius 1 is 1.21 bits per heavy atom. The standard InChI is InChI=1S/C21H23N3O3S/c1-13-8-9-16(10-14(13)2)23-21-24(3)20(26)18(28-21)12-19(25)22-15-6-5-7-17(11-15)27-4/h5-11,18H,12H2,1-4H3,(H,22,25). The van der Waals surface area contributed by atoms with Crippen LogP contribution in [0.4, 0.5) is 11.4 Å². The van der Waals surface area contributed by atoms with Crippen LogP contribution in [-0.2, 0) is 9.59 Å². The molecule has 1 aliphatic heterocycles. The zero-order chi connectivity index (χ0) is 20.3. The van der Waals surface area contributed by atoms with Crippen LogP contribution in [0.2, 0.25) is 0 Å². The third-order valence-corrected chi connectivity index (χ3v) is 5.81. The van der Waals surface area contributed by atoms with Gasteiger partial charge in [0.1, 0.15) is 11.0 Å². The molecule has 1 unspecified atom stereocenters. The van der Waals surface area contributed by atoms with E-state index in [9.17, 15) is 9.59 Å². The lowest BCUT2D eigenvalue weighted by molar-refractivity contribution is -0.127. The van der Waals surface area contributed by atoms with E-state index >= 15 is 0 Å². The first kappa shape index (κ1) is 19.9. The normalized spacial score (nSPS) is 17.9. The summed E-state index contributed by atoms with van der Waals surface area (Å²) in [6.07, 6.45) is 0.0804. The van der Waals surface area contributed by atoms with E-state index in [-0.39, 0.29) is 18.2 Å². The Labute approximate surface area is 169 Å². The molecule has 1 fully saturated rings. The minimum absolute atomic E-state index is 0.0804. The van der Waals surface area contributed by atoms with Gasteiger partial charge in [0.2, 0.25) is 11.8 Å². The summed E-state index contributed by atoms with van der Waals surface area (Å²) in [5, 5.41) is 2.93. The van der Waals surface area contributed by atoms with E-state index in [0.29, 0.717) is 16.6 Å². The van der Waals surface area contributed by atoms with Gasteiger partial charge in [-0.2, -0.15) is 0 Å². The van der Waals surface area contributed by atoms with Crippen molar-refractivity contribution in [1.82, 2.24) is 4.90 Å². The summed E-state index contributed by atoms with van der Waals surface area (Å²) in [5.41, 5.74) is 3.77. The number of rotatable bonds is 5. The summed E-state index contributed by atoms with van der Waals surface area (Å²) in [7, 11) is 3.26. The second-order valence-electron chi connectivity index (χ2n) is 6.65. The fourth-order valence-electron chi connectivity index (χ4n) is 2.78. The lowest BCUT2D eigenvalue weighted by atomic mass is 10.1. The lowest BCUT2D eigenvalue weighted by Gasteiger charge is -2.10. The second-order valence-corrected chi connectivity index (χ2v) is 7.82. The smallest absolute Gasteiger partial charge is 0.242 e. The van der Waals surface area contributed by atoms with Crippen molar-refractivity contribution in [2.75, 3.05) is 19.5 Å². The van der Waals surface area contributed by atoms with Crippen LogP contribution in [0.3, 0.4) is 0 Å². The number of carbonyl (C=O) groups is 2. The van der Waals surface area contributed by atoms with Gasteiger partial charge in [0.05, 0.1) is 12.8 Å². The van der Waals surface area contributed by atoms with Gasteiger partial charge in [-0.25, -0.2) is 4.99 Å². The summed E-state index contributed by atoms with van der Waals surface area (Å²) in [5.74, 6) is 0.319. The number of hydrogen-bond donors (Lipinski definition) is 1. The summed E-state index contributed by atoms with van der Waals surface area (Å²) in [6.45, 7) is 4.07. The Bertz CT molecular complexity index is 942. The van der Waals surface area contributed by atoms with E-state index in [4.69, 9.17) is 4.74 Å². The third-order valence-electron chi connectivity index (χ3n) is 4.58. The summed E-state index contributed by atoms with van der Waals surface area (Å²) in [4.78, 5) is 31.0. The van der Waals surface area contributed by atoms with Gasteiger partial charge in [-0.05, 0) is 49.2 Å². The van der Waals surface area contributed by atoms with E-state index in [1.807, 2.05) is 32.0 Å². The van der Waals surface area contributed by atoms with Gasteiger partial charge in [0, 0.05) is 25.2 Å². The predicted molar refractivity (Wildman–Crippen MR) is 113 cm³/mol. The van der Waals surface area contributed by atoms with Gasteiger partial charge in [0.25, 0.3) is 0 Å². The first-order valence-electron chi connectivity index (χ1n) is 8.91. The minimum atomic E-state index is -0.485. The third kappa shape index (κ3) is 4.54. The van der Waals surface area contributed by atoms with Crippen LogP contribution < -0.4 is 10.1 Å². The molecular weight excluding hydrogens is 374 g/mol. The van der Waals surface area contributed by atoms with Crippen LogP contribution in [-0.4, -0.2) is 41.3 Å². The van der Waals surface area contributed by atoms with Crippen LogP contribution in [0.5, 0.6) is 5.75 Å². The number of nitrogens with one attached hydrogen (secondary N) is 1. The van der Waals surface area contributed by atoms with Gasteiger partial charge in [0.15, 0.2) is 5.17 Å². The molecule has 0 saturated carbocycles. The minimum Gasteiger partial charge on any atom is -0.497 e. The van der Waals surface area contributed by atoms with Crippen molar-refractivity contribution in [3.05, 3.63) is 53.6 Å². The SMILES string of the molecule is COc1cccc(NC(=O)CC2SC(=Nc3ccc(C)c(C)c3)N(C)C2=O)c1. The number of benzene rings is 2. The largest absolute Gasteiger partial charge is 0.497 e. The maximum Gasteiger partial charge on any atom is 0.242 e. The van der Waals surface area contributed by atoms with Gasteiger partial charge < -0.3 is 10.1 Å². The molecule has 1 N–H and O–H groups in total. The Morgan fingerprint density at radius 3 is 2.71 bits per heavy atom. The number of aliphatic imine (C=N–C) groups is 1. The number of hydrogen-bond acceptors (Lipinski definition) is 5. The number of nitrogens with zero attached hydrogens (tertiary/aromatic N) is 2. The molecule has 2 amide bonds. The van der Waals surface area contributed by atoms with E-state index in [1.54, 1.807) is 38.4 Å². The molecule has 3 rings (SSSR count). The maximum absolute atomic E-state index is 12.5. The molecule has 0 radical (unpaired) electrons. The number of methoxy groups -OCH3 is 1. The molecule has 2 aromatic carbocycles. The molecule has 6 nitrogen and oxygen atoms in total. The van der Waals surface area contributed by atoms with Crippen LogP contribution >= 0.6 is 11.8 Å². The predicted octanol–water partition coefficient (Wildman–Crippen LogP) is 3.90. The summed E-state index contributed by atoms with van der Waals surface area (Å²) < 4.78 is 5.16. The zero-order valence-corrected chi connectivity index (χ0v) is 17.2. The molecule has 146 valence electrons. The molecule has 0 aromatic heterocycles. The Kier molecular flexibility index (Phi) is 6.04. The van der Waals surface area contributed by atoms with E-state index < -0.39 is 5.25 Å². The van der Waals surface area contributed by atoms with Crippen LogP contribution in [0.25, 0.3) is 0 Å². The van der Waals surface area contributed by atoms with Crippen molar-refractivity contribution in [2.24, 2.45) is 4.99 Å². The van der Waals surface area contributed by atoms with Crippen molar-refractivity contribution < 1.29 is 14.3 Å². The number of anilines is 1. The Morgan fingerprint density at radius 2 is 2.00 bits per heavy atom. The number of thioether (sulfide) groups is 1. The van der Waals surface area contributed by atoms with Crippen molar-refractivity contribution in [3.8, 4) is 5.75 Å². The average molecular weight is 398 g/mol. The molecule has 1 saturated heterocycles. The molecule has 0 spiro atoms. The van der Waals surface area contributed by atoms with E-state index in [2.05, 4.69) is 10.3 Å². The highest BCUT2D eigenvalue weighted by Gasteiger charge is 2.37.